The molecule has 6 aromatic carbocycles. The van der Waals surface area contributed by atoms with E-state index in [4.69, 9.17) is 9.97 Å². The monoisotopic (exact) mass is 734 g/mol. The fourth-order valence-corrected chi connectivity index (χ4v) is 10.9. The van der Waals surface area contributed by atoms with Gasteiger partial charge >= 0.3 is 0 Å². The SMILES string of the molecule is CC1(C)C2=CC3c4ccccc4C4(CCCCC4)C3C=C2c2ccc(-c3cccc(-c4ccc(-c5cc(-c6ccccc6)nc(-c6ccccc6)n5)cc4)c3)cc21. The number of hydrogen-bond acceptors (Lipinski definition) is 2. The van der Waals surface area contributed by atoms with Crippen molar-refractivity contribution in [1.82, 2.24) is 9.97 Å². The summed E-state index contributed by atoms with van der Waals surface area (Å²) in [5.74, 6) is 1.75. The minimum absolute atomic E-state index is 0.0609. The molecule has 2 heteroatoms. The van der Waals surface area contributed by atoms with E-state index in [1.807, 2.05) is 24.3 Å². The standard InChI is InChI=1S/C55H46N2/c1-54(2)48-32-42(27-28-44(48)45-34-50-46(33-49(45)54)43-21-10-11-22-47(43)55(50)29-12-5-13-30-55)41-20-14-19-40(31-41)36-23-25-38(26-24-36)52-35-51(37-15-6-3-7-16-37)56-53(57-52)39-17-8-4-9-18-39/h3-4,6-11,14-28,31-35,46,50H,5,12-13,29-30H2,1-2H3. The highest BCUT2D eigenvalue weighted by atomic mass is 14.9. The topological polar surface area (TPSA) is 25.8 Å². The van der Waals surface area contributed by atoms with Gasteiger partial charge in [0.05, 0.1) is 11.4 Å². The minimum Gasteiger partial charge on any atom is -0.228 e. The number of aromatic nitrogens is 2. The molecule has 2 nitrogen and oxygen atoms in total. The van der Waals surface area contributed by atoms with Crippen molar-refractivity contribution in [3.63, 3.8) is 0 Å². The molecule has 0 bridgehead atoms. The first-order valence-corrected chi connectivity index (χ1v) is 20.9. The maximum atomic E-state index is 5.05. The number of benzene rings is 6. The Labute approximate surface area is 336 Å². The van der Waals surface area contributed by atoms with Crippen LogP contribution >= 0.6 is 0 Å². The zero-order valence-corrected chi connectivity index (χ0v) is 32.8. The molecule has 4 aliphatic carbocycles. The van der Waals surface area contributed by atoms with Crippen LogP contribution in [0.4, 0.5) is 0 Å². The van der Waals surface area contributed by atoms with Gasteiger partial charge in [0.1, 0.15) is 0 Å². The Morgan fingerprint density at radius 1 is 0.474 bits per heavy atom. The molecule has 7 aromatic rings. The van der Waals surface area contributed by atoms with Crippen molar-refractivity contribution in [3.05, 3.63) is 198 Å². The first-order chi connectivity index (χ1) is 28.0. The molecule has 2 unspecified atom stereocenters. The van der Waals surface area contributed by atoms with Crippen molar-refractivity contribution in [2.24, 2.45) is 5.92 Å². The van der Waals surface area contributed by atoms with Crippen LogP contribution in [-0.2, 0) is 10.8 Å². The normalized spacial score (nSPS) is 19.5. The molecule has 1 heterocycles. The highest BCUT2D eigenvalue weighted by molar-refractivity contribution is 5.93. The molecular weight excluding hydrogens is 689 g/mol. The fraction of sp³-hybridized carbons (Fsp3) is 0.200. The van der Waals surface area contributed by atoms with Gasteiger partial charge in [0.2, 0.25) is 0 Å². The summed E-state index contributed by atoms with van der Waals surface area (Å²) >= 11 is 0. The Hall–Kier alpha value is -6.12. The molecule has 276 valence electrons. The Morgan fingerprint density at radius 3 is 1.79 bits per heavy atom. The molecule has 1 spiro atoms. The number of allylic oxidation sites excluding steroid dienone is 4. The highest BCUT2D eigenvalue weighted by Gasteiger charge is 2.53. The molecule has 1 saturated carbocycles. The van der Waals surface area contributed by atoms with Crippen molar-refractivity contribution in [3.8, 4) is 56.2 Å². The van der Waals surface area contributed by atoms with Gasteiger partial charge in [-0.3, -0.25) is 0 Å². The van der Waals surface area contributed by atoms with E-state index in [0.717, 1.165) is 33.9 Å². The van der Waals surface area contributed by atoms with Gasteiger partial charge in [-0.25, -0.2) is 9.97 Å². The number of nitrogens with zero attached hydrogens (tertiary/aromatic N) is 2. The lowest BCUT2D eigenvalue weighted by Crippen LogP contribution is -2.35. The zero-order valence-electron chi connectivity index (χ0n) is 32.8. The second-order valence-corrected chi connectivity index (χ2v) is 17.3. The van der Waals surface area contributed by atoms with Gasteiger partial charge in [-0.1, -0.05) is 185 Å². The van der Waals surface area contributed by atoms with Crippen molar-refractivity contribution in [1.29, 1.82) is 0 Å². The second kappa shape index (κ2) is 13.2. The molecule has 0 saturated heterocycles. The van der Waals surface area contributed by atoms with Gasteiger partial charge in [-0.05, 0) is 92.6 Å². The van der Waals surface area contributed by atoms with E-state index in [2.05, 4.69) is 159 Å². The van der Waals surface area contributed by atoms with Crippen LogP contribution in [0.25, 0.3) is 61.7 Å². The van der Waals surface area contributed by atoms with Crippen LogP contribution in [0, 0.1) is 5.92 Å². The molecule has 0 radical (unpaired) electrons. The summed E-state index contributed by atoms with van der Waals surface area (Å²) in [6.07, 6.45) is 12.1. The minimum atomic E-state index is -0.0609. The zero-order chi connectivity index (χ0) is 38.1. The Bertz CT molecular complexity index is 2670. The summed E-state index contributed by atoms with van der Waals surface area (Å²) in [5.41, 5.74) is 19.2. The van der Waals surface area contributed by atoms with Crippen LogP contribution in [0.1, 0.15) is 74.1 Å². The molecule has 11 rings (SSSR count). The average molecular weight is 735 g/mol. The first-order valence-electron chi connectivity index (χ1n) is 20.9. The van der Waals surface area contributed by atoms with Crippen LogP contribution < -0.4 is 0 Å². The van der Waals surface area contributed by atoms with E-state index in [1.54, 1.807) is 11.1 Å². The molecule has 0 amide bonds. The van der Waals surface area contributed by atoms with Crippen LogP contribution in [-0.4, -0.2) is 9.97 Å². The third-order valence-corrected chi connectivity index (χ3v) is 13.8. The molecule has 57 heavy (non-hydrogen) atoms. The molecule has 0 aliphatic heterocycles. The molecule has 2 atom stereocenters. The summed E-state index contributed by atoms with van der Waals surface area (Å²) in [7, 11) is 0. The Morgan fingerprint density at radius 2 is 1.05 bits per heavy atom. The maximum Gasteiger partial charge on any atom is 0.160 e. The predicted octanol–water partition coefficient (Wildman–Crippen LogP) is 14.0. The van der Waals surface area contributed by atoms with Gasteiger partial charge in [0.15, 0.2) is 5.82 Å². The lowest BCUT2D eigenvalue weighted by molar-refractivity contribution is 0.233. The van der Waals surface area contributed by atoms with Crippen LogP contribution in [0.2, 0.25) is 0 Å². The van der Waals surface area contributed by atoms with Gasteiger partial charge in [0, 0.05) is 33.4 Å². The summed E-state index contributed by atoms with van der Waals surface area (Å²) in [6, 6.07) is 57.3. The molecule has 1 aromatic heterocycles. The second-order valence-electron chi connectivity index (χ2n) is 17.3. The first kappa shape index (κ1) is 34.2. The summed E-state index contributed by atoms with van der Waals surface area (Å²) in [5, 5.41) is 0. The van der Waals surface area contributed by atoms with E-state index in [1.165, 1.54) is 76.6 Å². The molecule has 0 N–H and O–H groups in total. The summed E-state index contributed by atoms with van der Waals surface area (Å²) in [4.78, 5) is 10.0. The molecular formula is C55H46N2. The third kappa shape index (κ3) is 5.52. The van der Waals surface area contributed by atoms with Gasteiger partial charge < -0.3 is 0 Å². The van der Waals surface area contributed by atoms with Crippen molar-refractivity contribution >= 4 is 5.57 Å². The quantitative estimate of drug-likeness (QED) is 0.176. The predicted molar refractivity (Wildman–Crippen MR) is 236 cm³/mol. The van der Waals surface area contributed by atoms with Gasteiger partial charge in [0.25, 0.3) is 0 Å². The van der Waals surface area contributed by atoms with E-state index in [9.17, 15) is 0 Å². The van der Waals surface area contributed by atoms with E-state index in [-0.39, 0.29) is 10.8 Å². The fourth-order valence-electron chi connectivity index (χ4n) is 10.9. The summed E-state index contributed by atoms with van der Waals surface area (Å²) in [6.45, 7) is 4.89. The number of hydrogen-bond donors (Lipinski definition) is 0. The van der Waals surface area contributed by atoms with Crippen molar-refractivity contribution in [2.75, 3.05) is 0 Å². The van der Waals surface area contributed by atoms with E-state index < -0.39 is 0 Å². The van der Waals surface area contributed by atoms with E-state index in [0.29, 0.717) is 11.8 Å². The largest absolute Gasteiger partial charge is 0.228 e. The molecule has 4 aliphatic rings. The maximum absolute atomic E-state index is 5.05. The number of rotatable bonds is 5. The lowest BCUT2D eigenvalue weighted by Gasteiger charge is -2.41. The summed E-state index contributed by atoms with van der Waals surface area (Å²) < 4.78 is 0. The smallest absolute Gasteiger partial charge is 0.160 e. The molecule has 1 fully saturated rings. The van der Waals surface area contributed by atoms with Crippen LogP contribution in [0.3, 0.4) is 0 Å². The lowest BCUT2D eigenvalue weighted by atomic mass is 9.62. The van der Waals surface area contributed by atoms with E-state index >= 15 is 0 Å². The third-order valence-electron chi connectivity index (χ3n) is 13.8. The Balaban J connectivity index is 0.917. The number of fused-ring (bicyclic) bond motifs is 8. The average Bonchev–Trinajstić information content (AvgIpc) is 3.66. The van der Waals surface area contributed by atoms with Gasteiger partial charge in [-0.15, -0.1) is 0 Å². The van der Waals surface area contributed by atoms with Crippen molar-refractivity contribution < 1.29 is 0 Å². The Kier molecular flexibility index (Phi) is 7.93. The van der Waals surface area contributed by atoms with Crippen LogP contribution in [0.5, 0.6) is 0 Å². The van der Waals surface area contributed by atoms with Gasteiger partial charge in [-0.2, -0.15) is 0 Å². The van der Waals surface area contributed by atoms with Crippen molar-refractivity contribution in [2.45, 2.75) is 62.7 Å². The van der Waals surface area contributed by atoms with Crippen LogP contribution in [0.15, 0.2) is 175 Å². The highest BCUT2D eigenvalue weighted by Crippen LogP contribution is 2.63.